The fourth-order valence-corrected chi connectivity index (χ4v) is 5.48. The Morgan fingerprint density at radius 1 is 1.12 bits per heavy atom. The van der Waals surface area contributed by atoms with Gasteiger partial charge in [-0.2, -0.15) is 4.31 Å². The minimum Gasteiger partial charge on any atom is -0.497 e. The van der Waals surface area contributed by atoms with Gasteiger partial charge in [0.2, 0.25) is 10.0 Å². The van der Waals surface area contributed by atoms with Crippen LogP contribution < -0.4 is 15.0 Å². The molecule has 0 atom stereocenters. The number of nitrogens with zero attached hydrogens (tertiary/aromatic N) is 2. The molecule has 1 aliphatic heterocycles. The maximum absolute atomic E-state index is 13.3. The van der Waals surface area contributed by atoms with Gasteiger partial charge >= 0.3 is 0 Å². The molecule has 7 nitrogen and oxygen atoms in total. The van der Waals surface area contributed by atoms with Crippen molar-refractivity contribution >= 4 is 27.3 Å². The van der Waals surface area contributed by atoms with Crippen molar-refractivity contribution in [2.75, 3.05) is 43.5 Å². The highest BCUT2D eigenvalue weighted by Crippen LogP contribution is 2.30. The number of sulfonamides is 1. The maximum atomic E-state index is 13.3. The lowest BCUT2D eigenvalue weighted by Gasteiger charge is -2.33. The number of amides is 1. The van der Waals surface area contributed by atoms with Crippen LogP contribution in [0.4, 0.5) is 11.4 Å². The van der Waals surface area contributed by atoms with Gasteiger partial charge in [-0.1, -0.05) is 26.8 Å². The molecule has 2 aromatic rings. The normalized spacial score (nSPS) is 15.1. The number of benzene rings is 2. The third-order valence-electron chi connectivity index (χ3n) is 6.01. The highest BCUT2D eigenvalue weighted by Gasteiger charge is 2.27. The first-order valence-electron chi connectivity index (χ1n) is 11.1. The van der Waals surface area contributed by atoms with Crippen molar-refractivity contribution in [3.63, 3.8) is 0 Å². The van der Waals surface area contributed by atoms with E-state index in [4.69, 9.17) is 4.74 Å². The number of carbonyl (C=O) groups excluding carboxylic acids is 1. The number of hydrogen-bond acceptors (Lipinski definition) is 5. The average Bonchev–Trinajstić information content (AvgIpc) is 2.80. The van der Waals surface area contributed by atoms with Gasteiger partial charge in [-0.15, -0.1) is 0 Å². The van der Waals surface area contributed by atoms with Crippen LogP contribution in [0.25, 0.3) is 0 Å². The Hall–Kier alpha value is -2.58. The third-order valence-corrected chi connectivity index (χ3v) is 8.05. The lowest BCUT2D eigenvalue weighted by molar-refractivity contribution is 0.102. The summed E-state index contributed by atoms with van der Waals surface area (Å²) in [5, 5.41) is 2.90. The first kappa shape index (κ1) is 24.1. The van der Waals surface area contributed by atoms with E-state index in [-0.39, 0.29) is 10.8 Å². The highest BCUT2D eigenvalue weighted by molar-refractivity contribution is 7.89. The van der Waals surface area contributed by atoms with E-state index < -0.39 is 10.0 Å². The van der Waals surface area contributed by atoms with E-state index >= 15 is 0 Å². The summed E-state index contributed by atoms with van der Waals surface area (Å²) in [6.45, 7) is 8.26. The van der Waals surface area contributed by atoms with Crippen molar-refractivity contribution in [3.05, 3.63) is 48.0 Å². The second-order valence-corrected chi connectivity index (χ2v) is 10.1. The quantitative estimate of drug-likeness (QED) is 0.640. The zero-order valence-corrected chi connectivity index (χ0v) is 20.1. The molecule has 1 saturated heterocycles. The zero-order chi connectivity index (χ0) is 23.3. The van der Waals surface area contributed by atoms with Crippen molar-refractivity contribution in [3.8, 4) is 5.75 Å². The highest BCUT2D eigenvalue weighted by atomic mass is 32.2. The van der Waals surface area contributed by atoms with Crippen LogP contribution in [0.2, 0.25) is 0 Å². The Kier molecular flexibility index (Phi) is 7.79. The van der Waals surface area contributed by atoms with E-state index in [1.54, 1.807) is 57.4 Å². The summed E-state index contributed by atoms with van der Waals surface area (Å²) >= 11 is 0. The Bertz CT molecular complexity index is 1040. The molecule has 0 saturated carbocycles. The monoisotopic (exact) mass is 459 g/mol. The second-order valence-electron chi connectivity index (χ2n) is 8.12. The van der Waals surface area contributed by atoms with E-state index in [1.165, 1.54) is 10.4 Å². The summed E-state index contributed by atoms with van der Waals surface area (Å²) in [4.78, 5) is 15.6. The van der Waals surface area contributed by atoms with Gasteiger partial charge in [0.1, 0.15) is 5.75 Å². The van der Waals surface area contributed by atoms with E-state index in [0.29, 0.717) is 36.0 Å². The summed E-state index contributed by atoms with van der Waals surface area (Å²) in [5.74, 6) is 0.928. The van der Waals surface area contributed by atoms with Crippen LogP contribution in [0, 0.1) is 5.92 Å². The summed E-state index contributed by atoms with van der Waals surface area (Å²) in [6.07, 6.45) is 2.08. The Labute approximate surface area is 191 Å². The van der Waals surface area contributed by atoms with Crippen LogP contribution in [-0.2, 0) is 10.0 Å². The van der Waals surface area contributed by atoms with Gasteiger partial charge in [0.15, 0.2) is 0 Å². The van der Waals surface area contributed by atoms with Crippen LogP contribution in [0.15, 0.2) is 47.4 Å². The summed E-state index contributed by atoms with van der Waals surface area (Å²) in [7, 11) is -2.11. The number of nitrogens with one attached hydrogen (secondary N) is 1. The number of piperidine rings is 1. The van der Waals surface area contributed by atoms with E-state index in [0.717, 1.165) is 31.6 Å². The van der Waals surface area contributed by atoms with Crippen LogP contribution >= 0.6 is 0 Å². The number of carbonyl (C=O) groups is 1. The van der Waals surface area contributed by atoms with Crippen molar-refractivity contribution < 1.29 is 17.9 Å². The van der Waals surface area contributed by atoms with Crippen molar-refractivity contribution in [1.82, 2.24) is 4.31 Å². The molecule has 0 spiro atoms. The molecule has 1 aliphatic rings. The number of anilines is 2. The predicted octanol–water partition coefficient (Wildman–Crippen LogP) is 4.21. The van der Waals surface area contributed by atoms with Crippen LogP contribution in [0.3, 0.4) is 0 Å². The van der Waals surface area contributed by atoms with Crippen molar-refractivity contribution in [1.29, 1.82) is 0 Å². The molecule has 0 bridgehead atoms. The first-order valence-corrected chi connectivity index (χ1v) is 12.6. The standard InChI is InChI=1S/C24H33N3O4S/c1-5-27(6-2)32(29,30)21-10-11-23(26-14-12-18(3)13-15-26)22(17-21)24(28)25-19-8-7-9-20(16-19)31-4/h7-11,16-18H,5-6,12-15H2,1-4H3,(H,25,28). The van der Waals surface area contributed by atoms with Crippen LogP contribution in [-0.4, -0.2) is 51.9 Å². The number of methoxy groups -OCH3 is 1. The van der Waals surface area contributed by atoms with Gasteiger partial charge in [0.05, 0.1) is 17.6 Å². The fraction of sp³-hybridized carbons (Fsp3) is 0.458. The Morgan fingerprint density at radius 2 is 1.81 bits per heavy atom. The Morgan fingerprint density at radius 3 is 2.44 bits per heavy atom. The number of ether oxygens (including phenoxy) is 1. The summed E-state index contributed by atoms with van der Waals surface area (Å²) in [5.41, 5.74) is 1.70. The zero-order valence-electron chi connectivity index (χ0n) is 19.3. The van der Waals surface area contributed by atoms with Gasteiger partial charge in [0.25, 0.3) is 5.91 Å². The maximum Gasteiger partial charge on any atom is 0.257 e. The van der Waals surface area contributed by atoms with Gasteiger partial charge in [-0.05, 0) is 49.1 Å². The fourth-order valence-electron chi connectivity index (χ4n) is 3.99. The smallest absolute Gasteiger partial charge is 0.257 e. The van der Waals surface area contributed by atoms with Crippen molar-refractivity contribution in [2.45, 2.75) is 38.5 Å². The number of hydrogen-bond donors (Lipinski definition) is 1. The van der Waals surface area contributed by atoms with E-state index in [2.05, 4.69) is 17.1 Å². The SMILES string of the molecule is CCN(CC)S(=O)(=O)c1ccc(N2CCC(C)CC2)c(C(=O)Nc2cccc(OC)c2)c1. The van der Waals surface area contributed by atoms with Gasteiger partial charge in [0, 0.05) is 43.6 Å². The molecule has 1 fully saturated rings. The van der Waals surface area contributed by atoms with Crippen LogP contribution in [0.5, 0.6) is 5.75 Å². The topological polar surface area (TPSA) is 79.0 Å². The van der Waals surface area contributed by atoms with Gasteiger partial charge in [-0.3, -0.25) is 4.79 Å². The van der Waals surface area contributed by atoms with Gasteiger partial charge < -0.3 is 15.0 Å². The molecule has 1 N–H and O–H groups in total. The molecule has 2 aromatic carbocycles. The molecular formula is C24H33N3O4S. The molecule has 3 rings (SSSR count). The molecule has 0 radical (unpaired) electrons. The predicted molar refractivity (Wildman–Crippen MR) is 128 cm³/mol. The molecule has 8 heteroatoms. The minimum atomic E-state index is -3.68. The molecule has 0 unspecified atom stereocenters. The van der Waals surface area contributed by atoms with Crippen LogP contribution in [0.1, 0.15) is 44.0 Å². The Balaban J connectivity index is 2.01. The van der Waals surface area contributed by atoms with E-state index in [9.17, 15) is 13.2 Å². The molecule has 0 aliphatic carbocycles. The lowest BCUT2D eigenvalue weighted by Crippen LogP contribution is -2.35. The lowest BCUT2D eigenvalue weighted by atomic mass is 9.98. The molecule has 0 aromatic heterocycles. The first-order chi connectivity index (χ1) is 15.3. The minimum absolute atomic E-state index is 0.131. The average molecular weight is 460 g/mol. The summed E-state index contributed by atoms with van der Waals surface area (Å²) in [6, 6.07) is 12.0. The summed E-state index contributed by atoms with van der Waals surface area (Å²) < 4.78 is 32.9. The second kappa shape index (κ2) is 10.4. The molecular weight excluding hydrogens is 426 g/mol. The van der Waals surface area contributed by atoms with Crippen molar-refractivity contribution in [2.24, 2.45) is 5.92 Å². The number of rotatable bonds is 8. The van der Waals surface area contributed by atoms with Gasteiger partial charge in [-0.25, -0.2) is 8.42 Å². The molecule has 174 valence electrons. The molecule has 1 heterocycles. The van der Waals surface area contributed by atoms with E-state index in [1.807, 2.05) is 0 Å². The molecule has 32 heavy (non-hydrogen) atoms. The third kappa shape index (κ3) is 5.24. The largest absolute Gasteiger partial charge is 0.497 e. The molecule has 1 amide bonds.